The van der Waals surface area contributed by atoms with Gasteiger partial charge in [-0.1, -0.05) is 60.7 Å². The first-order valence-electron chi connectivity index (χ1n) is 5.94. The van der Waals surface area contributed by atoms with Gasteiger partial charge in [0.1, 0.15) is 5.75 Å². The van der Waals surface area contributed by atoms with Crippen molar-refractivity contribution >= 4 is 16.7 Å². The summed E-state index contributed by atoms with van der Waals surface area (Å²) in [5.41, 5.74) is 7.00. The topological polar surface area (TPSA) is 91.7 Å². The van der Waals surface area contributed by atoms with Crippen LogP contribution < -0.4 is 5.73 Å². The minimum absolute atomic E-state index is 0. The lowest BCUT2D eigenvalue weighted by Crippen LogP contribution is -2.23. The molecule has 0 bridgehead atoms. The van der Waals surface area contributed by atoms with Crippen molar-refractivity contribution in [2.45, 2.75) is 5.25 Å². The molecule has 0 saturated heterocycles. The fourth-order valence-electron chi connectivity index (χ4n) is 1.98. The zero-order valence-electron chi connectivity index (χ0n) is 10.9. The van der Waals surface area contributed by atoms with Crippen molar-refractivity contribution in [3.8, 4) is 0 Å². The molecule has 0 heterocycles. The van der Waals surface area contributed by atoms with Crippen molar-refractivity contribution in [1.29, 1.82) is 0 Å². The summed E-state index contributed by atoms with van der Waals surface area (Å²) in [6.07, 6.45) is 0. The maximum Gasteiger partial charge on any atom is 0.230 e. The van der Waals surface area contributed by atoms with Crippen molar-refractivity contribution in [1.82, 2.24) is 0 Å². The SMILES string of the molecule is NC(=O)C[S@@](=O)C(c1ccccc1)c1ccccc1.O. The highest BCUT2D eigenvalue weighted by Crippen LogP contribution is 2.27. The first kappa shape index (κ1) is 16.1. The number of carbonyl (C=O) groups is 1. The lowest BCUT2D eigenvalue weighted by atomic mass is 10.0. The van der Waals surface area contributed by atoms with Crippen LogP contribution in [0.4, 0.5) is 0 Å². The third-order valence-electron chi connectivity index (χ3n) is 2.75. The highest BCUT2D eigenvalue weighted by Gasteiger charge is 2.22. The minimum Gasteiger partial charge on any atom is -0.412 e. The van der Waals surface area contributed by atoms with Crippen molar-refractivity contribution in [2.75, 3.05) is 5.75 Å². The Bertz CT molecular complexity index is 533. The van der Waals surface area contributed by atoms with Gasteiger partial charge in [0.2, 0.25) is 5.91 Å². The van der Waals surface area contributed by atoms with Crippen LogP contribution in [0.2, 0.25) is 0 Å². The average molecular weight is 291 g/mol. The summed E-state index contributed by atoms with van der Waals surface area (Å²) in [5, 5.41) is -0.324. The van der Waals surface area contributed by atoms with E-state index in [0.717, 1.165) is 11.1 Å². The second-order valence-corrected chi connectivity index (χ2v) is 5.71. The Hall–Kier alpha value is -1.98. The number of amides is 1. The molecule has 4 N–H and O–H groups in total. The maximum absolute atomic E-state index is 12.4. The van der Waals surface area contributed by atoms with Gasteiger partial charge >= 0.3 is 0 Å². The van der Waals surface area contributed by atoms with Crippen LogP contribution in [0.1, 0.15) is 16.4 Å². The number of hydrogen-bond donors (Lipinski definition) is 1. The molecule has 0 aromatic heterocycles. The third-order valence-corrected chi connectivity index (χ3v) is 4.39. The molecule has 1 atom stereocenters. The average Bonchev–Trinajstić information content (AvgIpc) is 2.40. The summed E-state index contributed by atoms with van der Waals surface area (Å²) in [7, 11) is -1.36. The van der Waals surface area contributed by atoms with Gasteiger partial charge in [-0.2, -0.15) is 0 Å². The van der Waals surface area contributed by atoms with E-state index < -0.39 is 16.7 Å². The molecule has 0 aliphatic carbocycles. The van der Waals surface area contributed by atoms with E-state index in [-0.39, 0.29) is 16.5 Å². The first-order chi connectivity index (χ1) is 9.18. The Morgan fingerprint density at radius 2 is 1.35 bits per heavy atom. The van der Waals surface area contributed by atoms with Gasteiger partial charge in [0.15, 0.2) is 0 Å². The van der Waals surface area contributed by atoms with Crippen LogP contribution in [0.3, 0.4) is 0 Å². The zero-order valence-corrected chi connectivity index (χ0v) is 11.7. The highest BCUT2D eigenvalue weighted by atomic mass is 32.2. The summed E-state index contributed by atoms with van der Waals surface area (Å²) in [4.78, 5) is 11.0. The molecule has 0 unspecified atom stereocenters. The molecule has 4 nitrogen and oxygen atoms in total. The van der Waals surface area contributed by atoms with E-state index in [4.69, 9.17) is 5.73 Å². The van der Waals surface area contributed by atoms with Gasteiger partial charge in [0, 0.05) is 10.8 Å². The lowest BCUT2D eigenvalue weighted by Gasteiger charge is -2.16. The Morgan fingerprint density at radius 1 is 0.950 bits per heavy atom. The van der Waals surface area contributed by atoms with Crippen LogP contribution in [0.25, 0.3) is 0 Å². The Balaban J connectivity index is 0.00000200. The van der Waals surface area contributed by atoms with Gasteiger partial charge in [-0.3, -0.25) is 9.00 Å². The Kier molecular flexibility index (Phi) is 6.09. The van der Waals surface area contributed by atoms with Crippen LogP contribution in [0, 0.1) is 0 Å². The standard InChI is InChI=1S/C15H15NO2S.H2O/c16-14(17)11-19(18)15(12-7-3-1-4-8-12)13-9-5-2-6-10-13;/h1-10,15H,11H2,(H2,16,17);1H2/t19-;/m1./s1. The number of nitrogens with two attached hydrogens (primary N) is 1. The van der Waals surface area contributed by atoms with Gasteiger partial charge in [0.25, 0.3) is 0 Å². The quantitative estimate of drug-likeness (QED) is 0.896. The van der Waals surface area contributed by atoms with Gasteiger partial charge in [0.05, 0.1) is 5.25 Å². The summed E-state index contributed by atoms with van der Waals surface area (Å²) < 4.78 is 12.4. The molecule has 0 saturated carbocycles. The third kappa shape index (κ3) is 4.01. The molecule has 0 spiro atoms. The first-order valence-corrected chi connectivity index (χ1v) is 7.32. The van der Waals surface area contributed by atoms with Gasteiger partial charge in [-0.25, -0.2) is 0 Å². The summed E-state index contributed by atoms with van der Waals surface area (Å²) in [5.74, 6) is -0.677. The molecular formula is C15H17NO3S. The highest BCUT2D eigenvalue weighted by molar-refractivity contribution is 7.86. The van der Waals surface area contributed by atoms with Crippen LogP contribution in [0.15, 0.2) is 60.7 Å². The van der Waals surface area contributed by atoms with Crippen molar-refractivity contribution in [2.24, 2.45) is 5.73 Å². The van der Waals surface area contributed by atoms with Gasteiger partial charge in [-0.15, -0.1) is 0 Å². The molecule has 0 fully saturated rings. The predicted octanol–water partition coefficient (Wildman–Crippen LogP) is 1.19. The smallest absolute Gasteiger partial charge is 0.230 e. The van der Waals surface area contributed by atoms with E-state index in [1.807, 2.05) is 60.7 Å². The number of benzene rings is 2. The van der Waals surface area contributed by atoms with Crippen LogP contribution in [0.5, 0.6) is 0 Å². The van der Waals surface area contributed by atoms with Crippen LogP contribution in [-0.2, 0) is 15.6 Å². The molecule has 0 aliphatic heterocycles. The second-order valence-electron chi connectivity index (χ2n) is 4.19. The molecule has 1 amide bonds. The number of rotatable bonds is 5. The van der Waals surface area contributed by atoms with E-state index in [0.29, 0.717) is 0 Å². The van der Waals surface area contributed by atoms with Gasteiger partial charge in [-0.05, 0) is 11.1 Å². The lowest BCUT2D eigenvalue weighted by molar-refractivity contribution is -0.115. The fourth-order valence-corrected chi connectivity index (χ4v) is 3.34. The van der Waals surface area contributed by atoms with Crippen LogP contribution >= 0.6 is 0 Å². The fraction of sp³-hybridized carbons (Fsp3) is 0.133. The molecule has 2 aromatic rings. The molecule has 0 radical (unpaired) electrons. The normalized spacial score (nSPS) is 11.7. The number of carbonyl (C=O) groups excluding carboxylic acids is 1. The van der Waals surface area contributed by atoms with Crippen molar-refractivity contribution in [3.05, 3.63) is 71.8 Å². The largest absolute Gasteiger partial charge is 0.412 e. The van der Waals surface area contributed by atoms with E-state index in [2.05, 4.69) is 0 Å². The van der Waals surface area contributed by atoms with E-state index in [1.54, 1.807) is 0 Å². The van der Waals surface area contributed by atoms with Gasteiger partial charge < -0.3 is 11.2 Å². The van der Waals surface area contributed by atoms with E-state index >= 15 is 0 Å². The number of primary amides is 1. The predicted molar refractivity (Wildman–Crippen MR) is 80.5 cm³/mol. The summed E-state index contributed by atoms with van der Waals surface area (Å²) >= 11 is 0. The van der Waals surface area contributed by atoms with E-state index in [9.17, 15) is 9.00 Å². The van der Waals surface area contributed by atoms with E-state index in [1.165, 1.54) is 0 Å². The van der Waals surface area contributed by atoms with Crippen molar-refractivity contribution < 1.29 is 14.5 Å². The zero-order chi connectivity index (χ0) is 13.7. The molecule has 106 valence electrons. The number of hydrogen-bond acceptors (Lipinski definition) is 2. The van der Waals surface area contributed by atoms with Crippen LogP contribution in [-0.4, -0.2) is 21.3 Å². The Morgan fingerprint density at radius 3 is 1.70 bits per heavy atom. The Labute approximate surface area is 120 Å². The minimum atomic E-state index is -1.36. The molecule has 2 rings (SSSR count). The maximum atomic E-state index is 12.4. The second kappa shape index (κ2) is 7.57. The molecule has 0 aliphatic rings. The molecule has 5 heteroatoms. The summed E-state index contributed by atoms with van der Waals surface area (Å²) in [6, 6.07) is 19.0. The molecular weight excluding hydrogens is 274 g/mol. The molecule has 2 aromatic carbocycles. The summed E-state index contributed by atoms with van der Waals surface area (Å²) in [6.45, 7) is 0. The molecule has 20 heavy (non-hydrogen) atoms. The van der Waals surface area contributed by atoms with Crippen molar-refractivity contribution in [3.63, 3.8) is 0 Å². The monoisotopic (exact) mass is 291 g/mol.